The number of carbonyl (C=O) groups is 1. The van der Waals surface area contributed by atoms with Crippen molar-refractivity contribution >= 4 is 38.8 Å². The molecule has 3 nitrogen and oxygen atoms in total. The van der Waals surface area contributed by atoms with Gasteiger partial charge in [-0.2, -0.15) is 0 Å². The molecule has 0 unspecified atom stereocenters. The first kappa shape index (κ1) is 15.5. The Labute approximate surface area is 117 Å². The highest BCUT2D eigenvalue weighted by Crippen LogP contribution is 2.27. The first-order valence-corrected chi connectivity index (χ1v) is 7.88. The second-order valence-corrected chi connectivity index (χ2v) is 7.96. The summed E-state index contributed by atoms with van der Waals surface area (Å²) >= 11 is 11.9. The van der Waals surface area contributed by atoms with Crippen molar-refractivity contribution in [2.45, 2.75) is 25.0 Å². The van der Waals surface area contributed by atoms with Crippen LogP contribution in [0, 0.1) is 0 Å². The maximum Gasteiger partial charge on any atom is 0.159 e. The van der Waals surface area contributed by atoms with E-state index in [-0.39, 0.29) is 6.42 Å². The number of Topliss-reactive ketones (excluding diaryl/α,β-unsaturated/α-hetero) is 1. The van der Waals surface area contributed by atoms with Crippen LogP contribution < -0.4 is 0 Å². The van der Waals surface area contributed by atoms with Crippen molar-refractivity contribution in [1.82, 2.24) is 0 Å². The molecule has 0 spiro atoms. The van der Waals surface area contributed by atoms with Gasteiger partial charge in [0.25, 0.3) is 0 Å². The van der Waals surface area contributed by atoms with E-state index in [1.807, 2.05) is 0 Å². The van der Waals surface area contributed by atoms with Gasteiger partial charge in [0.1, 0.15) is 4.75 Å². The topological polar surface area (TPSA) is 51.2 Å². The van der Waals surface area contributed by atoms with Crippen LogP contribution in [-0.4, -0.2) is 25.2 Å². The highest BCUT2D eigenvalue weighted by Gasteiger charge is 2.38. The zero-order valence-electron chi connectivity index (χ0n) is 10.3. The Morgan fingerprint density at radius 3 is 2.06 bits per heavy atom. The first-order valence-electron chi connectivity index (χ1n) is 5.23. The van der Waals surface area contributed by atoms with Gasteiger partial charge in [-0.05, 0) is 31.5 Å². The van der Waals surface area contributed by atoms with Gasteiger partial charge in [-0.15, -0.1) is 0 Å². The summed E-state index contributed by atoms with van der Waals surface area (Å²) in [7, 11) is -3.48. The van der Waals surface area contributed by atoms with E-state index < -0.39 is 20.4 Å². The van der Waals surface area contributed by atoms with Crippen molar-refractivity contribution < 1.29 is 13.2 Å². The zero-order chi connectivity index (χ0) is 14.1. The quantitative estimate of drug-likeness (QED) is 0.859. The van der Waals surface area contributed by atoms with Gasteiger partial charge >= 0.3 is 0 Å². The minimum absolute atomic E-state index is 0.0986. The van der Waals surface area contributed by atoms with Crippen molar-refractivity contribution in [1.29, 1.82) is 0 Å². The molecule has 0 saturated carbocycles. The lowest BCUT2D eigenvalue weighted by Crippen LogP contribution is -2.41. The van der Waals surface area contributed by atoms with Crippen molar-refractivity contribution in [3.8, 4) is 0 Å². The Morgan fingerprint density at radius 1 is 1.22 bits per heavy atom. The largest absolute Gasteiger partial charge is 0.298 e. The summed E-state index contributed by atoms with van der Waals surface area (Å²) in [5.74, 6) is -0.431. The second-order valence-electron chi connectivity index (χ2n) is 4.58. The molecular formula is C12H14Cl2O3S. The van der Waals surface area contributed by atoms with E-state index in [2.05, 4.69) is 0 Å². The van der Waals surface area contributed by atoms with Crippen molar-refractivity contribution in [2.24, 2.45) is 0 Å². The maximum atomic E-state index is 12.1. The Hall–Kier alpha value is -0.580. The minimum Gasteiger partial charge on any atom is -0.298 e. The van der Waals surface area contributed by atoms with Crippen LogP contribution in [0.25, 0.3) is 0 Å². The summed E-state index contributed by atoms with van der Waals surface area (Å²) < 4.78 is 21.7. The van der Waals surface area contributed by atoms with E-state index in [1.165, 1.54) is 13.8 Å². The molecule has 1 rings (SSSR count). The Bertz CT molecular complexity index is 557. The van der Waals surface area contributed by atoms with Crippen LogP contribution in [0.4, 0.5) is 0 Å². The Kier molecular flexibility index (Phi) is 4.47. The number of rotatable bonds is 4. The average molecular weight is 309 g/mol. The van der Waals surface area contributed by atoms with Gasteiger partial charge in [-0.3, -0.25) is 4.79 Å². The van der Waals surface area contributed by atoms with Gasteiger partial charge in [0.15, 0.2) is 15.6 Å². The normalized spacial score (nSPS) is 12.5. The van der Waals surface area contributed by atoms with Gasteiger partial charge in [-0.25, -0.2) is 8.42 Å². The summed E-state index contributed by atoms with van der Waals surface area (Å²) in [6.45, 7) is 2.77. The number of carbonyl (C=O) groups excluding carboxylic acids is 1. The van der Waals surface area contributed by atoms with E-state index in [4.69, 9.17) is 23.2 Å². The molecule has 0 fully saturated rings. The van der Waals surface area contributed by atoms with Crippen LogP contribution in [0.15, 0.2) is 18.2 Å². The molecule has 0 N–H and O–H groups in total. The van der Waals surface area contributed by atoms with Gasteiger partial charge in [0.2, 0.25) is 0 Å². The molecule has 6 heteroatoms. The molecule has 0 saturated heterocycles. The fraction of sp³-hybridized carbons (Fsp3) is 0.417. The molecule has 100 valence electrons. The summed E-state index contributed by atoms with van der Waals surface area (Å²) in [5, 5.41) is 0.723. The third-order valence-corrected chi connectivity index (χ3v) is 5.79. The fourth-order valence-corrected chi connectivity index (χ4v) is 2.30. The molecule has 0 aliphatic rings. The summed E-state index contributed by atoms with van der Waals surface area (Å²) in [4.78, 5) is 12.1. The van der Waals surface area contributed by atoms with E-state index >= 15 is 0 Å². The number of benzene rings is 1. The average Bonchev–Trinajstić information content (AvgIpc) is 2.21. The van der Waals surface area contributed by atoms with Crippen LogP contribution in [-0.2, 0) is 21.1 Å². The van der Waals surface area contributed by atoms with E-state index in [1.54, 1.807) is 18.2 Å². The summed E-state index contributed by atoms with van der Waals surface area (Å²) in [6.07, 6.45) is 0.942. The molecule has 1 aromatic carbocycles. The lowest BCUT2D eigenvalue weighted by atomic mass is 10.00. The number of hydrogen-bond acceptors (Lipinski definition) is 3. The molecule has 0 aliphatic heterocycles. The van der Waals surface area contributed by atoms with Crippen molar-refractivity contribution in [3.05, 3.63) is 33.8 Å². The molecule has 0 aromatic heterocycles. The molecule has 0 bridgehead atoms. The summed E-state index contributed by atoms with van der Waals surface area (Å²) in [6, 6.07) is 4.90. The van der Waals surface area contributed by atoms with Gasteiger partial charge < -0.3 is 0 Å². The number of hydrogen-bond donors (Lipinski definition) is 0. The van der Waals surface area contributed by atoms with Crippen LogP contribution in [0.3, 0.4) is 0 Å². The standard InChI is InChI=1S/C12H14Cl2O3S/c1-12(2,18(3,16)17)11(15)7-8-9(13)5-4-6-10(8)14/h4-6H,7H2,1-3H3. The maximum absolute atomic E-state index is 12.1. The predicted molar refractivity (Wildman–Crippen MR) is 74.1 cm³/mol. The lowest BCUT2D eigenvalue weighted by molar-refractivity contribution is -0.120. The third-order valence-electron chi connectivity index (χ3n) is 3.00. The number of halogens is 2. The van der Waals surface area contributed by atoms with Crippen LogP contribution in [0.1, 0.15) is 19.4 Å². The molecule has 1 aromatic rings. The monoisotopic (exact) mass is 308 g/mol. The van der Waals surface area contributed by atoms with E-state index in [0.717, 1.165) is 6.26 Å². The molecule has 0 atom stereocenters. The van der Waals surface area contributed by atoms with Gasteiger partial charge in [0.05, 0.1) is 0 Å². The molecule has 0 amide bonds. The zero-order valence-corrected chi connectivity index (χ0v) is 12.7. The predicted octanol–water partition coefficient (Wildman–Crippen LogP) is 2.93. The molecule has 0 heterocycles. The highest BCUT2D eigenvalue weighted by molar-refractivity contribution is 7.92. The smallest absolute Gasteiger partial charge is 0.159 e. The molecule has 18 heavy (non-hydrogen) atoms. The number of sulfone groups is 1. The van der Waals surface area contributed by atoms with E-state index in [9.17, 15) is 13.2 Å². The van der Waals surface area contributed by atoms with Crippen LogP contribution >= 0.6 is 23.2 Å². The summed E-state index contributed by atoms with van der Waals surface area (Å²) in [5.41, 5.74) is 0.461. The van der Waals surface area contributed by atoms with Gasteiger partial charge in [0, 0.05) is 22.7 Å². The lowest BCUT2D eigenvalue weighted by Gasteiger charge is -2.21. The Morgan fingerprint density at radius 2 is 1.67 bits per heavy atom. The van der Waals surface area contributed by atoms with E-state index in [0.29, 0.717) is 15.6 Å². The highest BCUT2D eigenvalue weighted by atomic mass is 35.5. The second kappa shape index (κ2) is 5.19. The Balaban J connectivity index is 3.10. The van der Waals surface area contributed by atoms with Crippen LogP contribution in [0.5, 0.6) is 0 Å². The molecule has 0 radical (unpaired) electrons. The minimum atomic E-state index is -3.48. The van der Waals surface area contributed by atoms with Gasteiger partial charge in [-0.1, -0.05) is 29.3 Å². The molecular weight excluding hydrogens is 295 g/mol. The third kappa shape index (κ3) is 3.05. The fourth-order valence-electron chi connectivity index (χ4n) is 1.28. The first-order chi connectivity index (χ1) is 8.07. The van der Waals surface area contributed by atoms with Crippen molar-refractivity contribution in [3.63, 3.8) is 0 Å². The van der Waals surface area contributed by atoms with Crippen molar-refractivity contribution in [2.75, 3.05) is 6.26 Å². The SMILES string of the molecule is CC(C)(C(=O)Cc1c(Cl)cccc1Cl)S(C)(=O)=O. The van der Waals surface area contributed by atoms with Crippen LogP contribution in [0.2, 0.25) is 10.0 Å². The molecule has 0 aliphatic carbocycles. The number of ketones is 1.